The fourth-order valence-corrected chi connectivity index (χ4v) is 2.87. The first-order valence-corrected chi connectivity index (χ1v) is 8.44. The zero-order chi connectivity index (χ0) is 18.5. The summed E-state index contributed by atoms with van der Waals surface area (Å²) in [5.74, 6) is 3.85. The van der Waals surface area contributed by atoms with Gasteiger partial charge in [0.05, 0.1) is 6.21 Å². The van der Waals surface area contributed by atoms with E-state index in [2.05, 4.69) is 21.2 Å². The van der Waals surface area contributed by atoms with E-state index >= 15 is 0 Å². The highest BCUT2D eigenvalue weighted by atomic mass is 16.5. The quantitative estimate of drug-likeness (QED) is 0.403. The van der Waals surface area contributed by atoms with Crippen LogP contribution in [0.4, 0.5) is 0 Å². The van der Waals surface area contributed by atoms with Crippen LogP contribution in [0.1, 0.15) is 5.56 Å². The molecule has 0 saturated heterocycles. The average Bonchev–Trinajstić information content (AvgIpc) is 3.20. The zero-order valence-electron chi connectivity index (χ0n) is 14.5. The van der Waals surface area contributed by atoms with Crippen LogP contribution in [0.15, 0.2) is 78.2 Å². The van der Waals surface area contributed by atoms with Gasteiger partial charge in [0, 0.05) is 11.1 Å². The molecule has 0 amide bonds. The van der Waals surface area contributed by atoms with E-state index in [-0.39, 0.29) is 6.61 Å². The predicted octanol–water partition coefficient (Wildman–Crippen LogP) is 3.99. The van der Waals surface area contributed by atoms with Gasteiger partial charge in [-0.2, -0.15) is 9.78 Å². The minimum atomic E-state index is 0.196. The van der Waals surface area contributed by atoms with Crippen molar-refractivity contribution in [3.05, 3.63) is 78.6 Å². The van der Waals surface area contributed by atoms with Gasteiger partial charge in [0.1, 0.15) is 18.7 Å². The molecule has 1 heterocycles. The fraction of sp³-hybridized carbons (Fsp3) is 0.0455. The SMILES string of the molecule is C#CCOc1ccc2ccccc2c1/C=N\n1cnnc1-c1ccccc1. The van der Waals surface area contributed by atoms with Gasteiger partial charge in [-0.05, 0) is 16.8 Å². The van der Waals surface area contributed by atoms with Gasteiger partial charge in [-0.1, -0.05) is 66.6 Å². The number of fused-ring (bicyclic) bond motifs is 1. The highest BCUT2D eigenvalue weighted by molar-refractivity contribution is 6.02. The molecule has 0 aliphatic rings. The highest BCUT2D eigenvalue weighted by Gasteiger charge is 2.09. The minimum absolute atomic E-state index is 0.196. The van der Waals surface area contributed by atoms with Gasteiger partial charge in [-0.15, -0.1) is 16.6 Å². The topological polar surface area (TPSA) is 52.3 Å². The maximum atomic E-state index is 5.71. The summed E-state index contributed by atoms with van der Waals surface area (Å²) in [5, 5.41) is 14.9. The third kappa shape index (κ3) is 3.42. The van der Waals surface area contributed by atoms with Gasteiger partial charge in [-0.25, -0.2) is 0 Å². The van der Waals surface area contributed by atoms with Crippen molar-refractivity contribution >= 4 is 17.0 Å². The van der Waals surface area contributed by atoms with Crippen LogP contribution in [0.5, 0.6) is 5.75 Å². The van der Waals surface area contributed by atoms with Crippen LogP contribution in [-0.4, -0.2) is 27.7 Å². The van der Waals surface area contributed by atoms with Crippen LogP contribution in [0.3, 0.4) is 0 Å². The number of hydrogen-bond donors (Lipinski definition) is 0. The number of benzene rings is 3. The highest BCUT2D eigenvalue weighted by Crippen LogP contribution is 2.27. The molecular formula is C22H16N4O. The number of rotatable bonds is 5. The molecule has 27 heavy (non-hydrogen) atoms. The van der Waals surface area contributed by atoms with Crippen LogP contribution in [-0.2, 0) is 0 Å². The molecule has 0 aliphatic carbocycles. The number of ether oxygens (including phenoxy) is 1. The third-order valence-corrected chi connectivity index (χ3v) is 4.12. The predicted molar refractivity (Wildman–Crippen MR) is 107 cm³/mol. The molecule has 0 bridgehead atoms. The first kappa shape index (κ1) is 16.6. The van der Waals surface area contributed by atoms with Crippen molar-refractivity contribution in [2.75, 3.05) is 6.61 Å². The van der Waals surface area contributed by atoms with Crippen molar-refractivity contribution in [1.82, 2.24) is 14.9 Å². The van der Waals surface area contributed by atoms with Crippen molar-refractivity contribution < 1.29 is 4.74 Å². The van der Waals surface area contributed by atoms with Crippen LogP contribution in [0.2, 0.25) is 0 Å². The van der Waals surface area contributed by atoms with E-state index in [0.717, 1.165) is 21.9 Å². The van der Waals surface area contributed by atoms with Crippen molar-refractivity contribution in [3.63, 3.8) is 0 Å². The number of nitrogens with zero attached hydrogens (tertiary/aromatic N) is 4. The smallest absolute Gasteiger partial charge is 0.184 e. The Balaban J connectivity index is 1.78. The van der Waals surface area contributed by atoms with Crippen molar-refractivity contribution in [2.24, 2.45) is 5.10 Å². The molecule has 4 rings (SSSR count). The van der Waals surface area contributed by atoms with Gasteiger partial charge in [0.15, 0.2) is 5.82 Å². The second kappa shape index (κ2) is 7.54. The van der Waals surface area contributed by atoms with E-state index in [4.69, 9.17) is 11.2 Å². The Kier molecular flexibility index (Phi) is 4.62. The Morgan fingerprint density at radius 1 is 1.04 bits per heavy atom. The number of aromatic nitrogens is 3. The number of hydrogen-bond acceptors (Lipinski definition) is 4. The van der Waals surface area contributed by atoms with E-state index < -0.39 is 0 Å². The monoisotopic (exact) mass is 352 g/mol. The standard InChI is InChI=1S/C22H16N4O/c1-2-14-27-21-13-12-17-8-6-7-11-19(17)20(21)15-24-26-16-23-25-22(26)18-9-4-3-5-10-18/h1,3-13,15-16H,14H2/b24-15-. The van der Waals surface area contributed by atoms with Gasteiger partial charge >= 0.3 is 0 Å². The van der Waals surface area contributed by atoms with Crippen LogP contribution < -0.4 is 4.74 Å². The third-order valence-electron chi connectivity index (χ3n) is 4.12. The molecule has 4 aromatic rings. The van der Waals surface area contributed by atoms with E-state index in [1.807, 2.05) is 66.7 Å². The first-order chi connectivity index (χ1) is 13.4. The van der Waals surface area contributed by atoms with Crippen LogP contribution >= 0.6 is 0 Å². The summed E-state index contributed by atoms with van der Waals surface area (Å²) in [4.78, 5) is 0. The molecule has 0 radical (unpaired) electrons. The van der Waals surface area contributed by atoms with E-state index in [9.17, 15) is 0 Å². The lowest BCUT2D eigenvalue weighted by molar-refractivity contribution is 0.370. The molecule has 5 heteroatoms. The van der Waals surface area contributed by atoms with Crippen molar-refractivity contribution in [3.8, 4) is 29.5 Å². The molecule has 0 fully saturated rings. The van der Waals surface area contributed by atoms with E-state index in [1.165, 1.54) is 0 Å². The van der Waals surface area contributed by atoms with Gasteiger partial charge in [0.2, 0.25) is 0 Å². The van der Waals surface area contributed by atoms with Gasteiger partial charge in [-0.3, -0.25) is 0 Å². The summed E-state index contributed by atoms with van der Waals surface area (Å²) in [6.07, 6.45) is 8.67. The Morgan fingerprint density at radius 2 is 1.85 bits per heavy atom. The molecule has 5 nitrogen and oxygen atoms in total. The second-order valence-electron chi connectivity index (χ2n) is 5.80. The largest absolute Gasteiger partial charge is 0.480 e. The fourth-order valence-electron chi connectivity index (χ4n) is 2.87. The molecule has 0 aliphatic heterocycles. The Labute approximate surface area is 156 Å². The molecule has 3 aromatic carbocycles. The second-order valence-corrected chi connectivity index (χ2v) is 5.80. The number of terminal acetylenes is 1. The molecule has 1 aromatic heterocycles. The maximum Gasteiger partial charge on any atom is 0.184 e. The van der Waals surface area contributed by atoms with Crippen LogP contribution in [0, 0.1) is 12.3 Å². The summed E-state index contributed by atoms with van der Waals surface area (Å²) in [6.45, 7) is 0.196. The normalized spacial score (nSPS) is 10.9. The lowest BCUT2D eigenvalue weighted by Gasteiger charge is -2.10. The summed E-state index contributed by atoms with van der Waals surface area (Å²) >= 11 is 0. The van der Waals surface area contributed by atoms with Gasteiger partial charge < -0.3 is 4.74 Å². The van der Waals surface area contributed by atoms with Crippen molar-refractivity contribution in [1.29, 1.82) is 0 Å². The molecule has 130 valence electrons. The van der Waals surface area contributed by atoms with Crippen LogP contribution in [0.25, 0.3) is 22.2 Å². The lowest BCUT2D eigenvalue weighted by Crippen LogP contribution is -2.00. The summed E-state index contributed by atoms with van der Waals surface area (Å²) < 4.78 is 7.35. The molecule has 0 saturated carbocycles. The Morgan fingerprint density at radius 3 is 2.70 bits per heavy atom. The summed E-state index contributed by atoms with van der Waals surface area (Å²) in [5.41, 5.74) is 1.80. The Hall–Kier alpha value is -3.91. The van der Waals surface area contributed by atoms with Gasteiger partial charge in [0.25, 0.3) is 0 Å². The molecule has 0 spiro atoms. The molecule has 0 atom stereocenters. The maximum absolute atomic E-state index is 5.71. The zero-order valence-corrected chi connectivity index (χ0v) is 14.5. The minimum Gasteiger partial charge on any atom is -0.480 e. The summed E-state index contributed by atoms with van der Waals surface area (Å²) in [7, 11) is 0. The Bertz CT molecular complexity index is 1140. The van der Waals surface area contributed by atoms with Crippen molar-refractivity contribution in [2.45, 2.75) is 0 Å². The molecule has 0 unspecified atom stereocenters. The molecule has 0 N–H and O–H groups in total. The summed E-state index contributed by atoms with van der Waals surface area (Å²) in [6, 6.07) is 21.8. The van der Waals surface area contributed by atoms with E-state index in [1.54, 1.807) is 17.2 Å². The average molecular weight is 352 g/mol. The lowest BCUT2D eigenvalue weighted by atomic mass is 10.0. The molecular weight excluding hydrogens is 336 g/mol. The first-order valence-electron chi connectivity index (χ1n) is 8.44. The van der Waals surface area contributed by atoms with E-state index in [0.29, 0.717) is 11.6 Å².